The molecule has 1 rings (SSSR count). The highest BCUT2D eigenvalue weighted by Gasteiger charge is 2.52. The molecule has 14 heavy (non-hydrogen) atoms. The molecule has 1 saturated carbocycles. The molecule has 0 aromatic rings. The van der Waals surface area contributed by atoms with E-state index in [9.17, 15) is 9.18 Å². The van der Waals surface area contributed by atoms with Gasteiger partial charge in [-0.15, -0.1) is 0 Å². The van der Waals surface area contributed by atoms with Crippen LogP contribution in [0, 0.1) is 5.92 Å². The van der Waals surface area contributed by atoms with Crippen molar-refractivity contribution in [1.82, 2.24) is 5.48 Å². The molecule has 0 aliphatic heterocycles. The van der Waals surface area contributed by atoms with Gasteiger partial charge in [-0.3, -0.25) is 10.0 Å². The van der Waals surface area contributed by atoms with Gasteiger partial charge in [0.05, 0.1) is 0 Å². The number of hydroxylamine groups is 1. The number of hydrogen-bond donors (Lipinski definition) is 2. The summed E-state index contributed by atoms with van der Waals surface area (Å²) in [6.45, 7) is 0. The highest BCUT2D eigenvalue weighted by molar-refractivity contribution is 9.10. The lowest BCUT2D eigenvalue weighted by Crippen LogP contribution is -2.17. The molecule has 1 aliphatic rings. The fraction of sp³-hybridized carbons (Fsp3) is 0.889. The van der Waals surface area contributed by atoms with Gasteiger partial charge in [0.2, 0.25) is 5.91 Å². The van der Waals surface area contributed by atoms with Crippen LogP contribution in [0.2, 0.25) is 0 Å². The second-order valence-electron chi connectivity index (χ2n) is 3.80. The van der Waals surface area contributed by atoms with Crippen LogP contribution in [0.5, 0.6) is 0 Å². The third-order valence-electron chi connectivity index (χ3n) is 2.54. The van der Waals surface area contributed by atoms with Crippen LogP contribution in [0.3, 0.4) is 0 Å². The molecule has 2 atom stereocenters. The highest BCUT2D eigenvalue weighted by Crippen LogP contribution is 2.54. The molecule has 0 aromatic heterocycles. The average molecular weight is 268 g/mol. The van der Waals surface area contributed by atoms with Crippen LogP contribution >= 0.6 is 15.9 Å². The quantitative estimate of drug-likeness (QED) is 0.336. The zero-order valence-corrected chi connectivity index (χ0v) is 9.52. The standard InChI is InChI=1S/C9H15BrFNO2/c10-9(11)6-7(9)4-2-1-3-5-8(13)12-14/h7,14H,1-6H2,(H,12,13). The Balaban J connectivity index is 1.88. The van der Waals surface area contributed by atoms with Crippen LogP contribution in [0.25, 0.3) is 0 Å². The van der Waals surface area contributed by atoms with E-state index in [1.54, 1.807) is 5.48 Å². The zero-order chi connectivity index (χ0) is 10.6. The van der Waals surface area contributed by atoms with Crippen molar-refractivity contribution in [3.63, 3.8) is 0 Å². The molecule has 5 heteroatoms. The van der Waals surface area contributed by atoms with E-state index < -0.39 is 4.58 Å². The Labute approximate surface area is 91.1 Å². The molecule has 0 saturated heterocycles. The SMILES string of the molecule is O=C(CCCCCC1CC1(F)Br)NO. The lowest BCUT2D eigenvalue weighted by Gasteiger charge is -2.00. The molecule has 3 nitrogen and oxygen atoms in total. The summed E-state index contributed by atoms with van der Waals surface area (Å²) in [4.78, 5) is 10.6. The van der Waals surface area contributed by atoms with Crippen molar-refractivity contribution in [1.29, 1.82) is 0 Å². The first-order valence-corrected chi connectivity index (χ1v) is 5.66. The maximum absolute atomic E-state index is 13.0. The van der Waals surface area contributed by atoms with Gasteiger partial charge in [-0.05, 0) is 35.2 Å². The van der Waals surface area contributed by atoms with Crippen molar-refractivity contribution in [2.24, 2.45) is 5.92 Å². The Kier molecular flexibility index (Phi) is 4.31. The molecule has 1 amide bonds. The molecule has 1 fully saturated rings. The van der Waals surface area contributed by atoms with Crippen molar-refractivity contribution in [3.05, 3.63) is 0 Å². The highest BCUT2D eigenvalue weighted by atomic mass is 79.9. The number of rotatable bonds is 6. The van der Waals surface area contributed by atoms with E-state index in [1.807, 2.05) is 0 Å². The lowest BCUT2D eigenvalue weighted by atomic mass is 10.1. The maximum Gasteiger partial charge on any atom is 0.243 e. The number of halogens is 2. The van der Waals surface area contributed by atoms with Gasteiger partial charge in [0.15, 0.2) is 4.58 Å². The summed E-state index contributed by atoms with van der Waals surface area (Å²) in [5, 5.41) is 8.20. The number of amides is 1. The molecular formula is C9H15BrFNO2. The molecule has 0 spiro atoms. The average Bonchev–Trinajstić information content (AvgIpc) is 2.73. The molecule has 82 valence electrons. The second-order valence-corrected chi connectivity index (χ2v) is 5.11. The number of carbonyl (C=O) groups excluding carboxylic acids is 1. The summed E-state index contributed by atoms with van der Waals surface area (Å²) in [5.41, 5.74) is 1.58. The largest absolute Gasteiger partial charge is 0.289 e. The molecule has 0 heterocycles. The number of nitrogens with one attached hydrogen (secondary N) is 1. The van der Waals surface area contributed by atoms with Gasteiger partial charge in [0, 0.05) is 12.3 Å². The lowest BCUT2D eigenvalue weighted by molar-refractivity contribution is -0.129. The van der Waals surface area contributed by atoms with Gasteiger partial charge in [0.1, 0.15) is 0 Å². The normalized spacial score (nSPS) is 30.1. The number of hydrogen-bond acceptors (Lipinski definition) is 2. The van der Waals surface area contributed by atoms with Crippen LogP contribution < -0.4 is 5.48 Å². The topological polar surface area (TPSA) is 49.3 Å². The van der Waals surface area contributed by atoms with E-state index >= 15 is 0 Å². The first-order valence-electron chi connectivity index (χ1n) is 4.87. The van der Waals surface area contributed by atoms with Gasteiger partial charge in [-0.2, -0.15) is 0 Å². The minimum absolute atomic E-state index is 0.161. The fourth-order valence-corrected chi connectivity index (χ4v) is 2.11. The summed E-state index contributed by atoms with van der Waals surface area (Å²) in [6.07, 6.45) is 4.44. The minimum Gasteiger partial charge on any atom is -0.289 e. The summed E-state index contributed by atoms with van der Waals surface area (Å²) < 4.78 is 11.9. The van der Waals surface area contributed by atoms with Gasteiger partial charge in [0.25, 0.3) is 0 Å². The third kappa shape index (κ3) is 3.92. The Bertz CT molecular complexity index is 211. The molecule has 1 aliphatic carbocycles. The van der Waals surface area contributed by atoms with Crippen LogP contribution in [0.15, 0.2) is 0 Å². The van der Waals surface area contributed by atoms with Crippen molar-refractivity contribution in [3.8, 4) is 0 Å². The van der Waals surface area contributed by atoms with E-state index in [-0.39, 0.29) is 11.8 Å². The summed E-state index contributed by atoms with van der Waals surface area (Å²) in [6, 6.07) is 0. The first-order chi connectivity index (χ1) is 6.56. The maximum atomic E-state index is 13.0. The predicted octanol–water partition coefficient (Wildman–Crippen LogP) is 2.52. The summed E-state index contributed by atoms with van der Waals surface area (Å²) in [5.74, 6) is -0.189. The van der Waals surface area contributed by atoms with Crippen LogP contribution in [0.4, 0.5) is 4.39 Å². The Morgan fingerprint density at radius 1 is 1.57 bits per heavy atom. The smallest absolute Gasteiger partial charge is 0.243 e. The number of alkyl halides is 2. The molecular weight excluding hydrogens is 253 g/mol. The molecule has 0 bridgehead atoms. The number of carbonyl (C=O) groups is 1. The van der Waals surface area contributed by atoms with E-state index in [2.05, 4.69) is 15.9 Å². The molecule has 0 radical (unpaired) electrons. The van der Waals surface area contributed by atoms with Crippen LogP contribution in [-0.2, 0) is 4.79 Å². The zero-order valence-electron chi connectivity index (χ0n) is 7.93. The Morgan fingerprint density at radius 2 is 2.21 bits per heavy atom. The van der Waals surface area contributed by atoms with Gasteiger partial charge < -0.3 is 0 Å². The predicted molar refractivity (Wildman–Crippen MR) is 53.9 cm³/mol. The van der Waals surface area contributed by atoms with E-state index in [4.69, 9.17) is 5.21 Å². The van der Waals surface area contributed by atoms with E-state index in [0.29, 0.717) is 12.8 Å². The van der Waals surface area contributed by atoms with Crippen molar-refractivity contribution < 1.29 is 14.4 Å². The van der Waals surface area contributed by atoms with Gasteiger partial charge in [-0.1, -0.05) is 12.8 Å². The van der Waals surface area contributed by atoms with Gasteiger partial charge in [-0.25, -0.2) is 9.87 Å². The van der Waals surface area contributed by atoms with Gasteiger partial charge >= 0.3 is 0 Å². The van der Waals surface area contributed by atoms with E-state index in [0.717, 1.165) is 25.7 Å². The third-order valence-corrected chi connectivity index (χ3v) is 3.51. The molecule has 2 N–H and O–H groups in total. The fourth-order valence-electron chi connectivity index (χ4n) is 1.49. The summed E-state index contributed by atoms with van der Waals surface area (Å²) in [7, 11) is 0. The Morgan fingerprint density at radius 3 is 2.71 bits per heavy atom. The minimum atomic E-state index is -1.10. The van der Waals surface area contributed by atoms with E-state index in [1.165, 1.54) is 0 Å². The van der Waals surface area contributed by atoms with Crippen molar-refractivity contribution >= 4 is 21.8 Å². The second kappa shape index (κ2) is 5.07. The molecule has 2 unspecified atom stereocenters. The van der Waals surface area contributed by atoms with Crippen LogP contribution in [0.1, 0.15) is 38.5 Å². The Hall–Kier alpha value is -0.160. The van der Waals surface area contributed by atoms with Crippen LogP contribution in [-0.4, -0.2) is 15.7 Å². The van der Waals surface area contributed by atoms with Crippen molar-refractivity contribution in [2.45, 2.75) is 43.1 Å². The monoisotopic (exact) mass is 267 g/mol. The number of unbranched alkanes of at least 4 members (excludes halogenated alkanes) is 2. The molecule has 0 aromatic carbocycles. The first kappa shape index (κ1) is 11.9. The summed E-state index contributed by atoms with van der Waals surface area (Å²) >= 11 is 2.99. The van der Waals surface area contributed by atoms with Crippen molar-refractivity contribution in [2.75, 3.05) is 0 Å².